The fraction of sp³-hybridized carbons (Fsp3) is 0.385. The third-order valence-electron chi connectivity index (χ3n) is 3.10. The fourth-order valence-corrected chi connectivity index (χ4v) is 2.25. The van der Waals surface area contributed by atoms with E-state index in [0.717, 1.165) is 6.42 Å². The molecule has 0 saturated carbocycles. The summed E-state index contributed by atoms with van der Waals surface area (Å²) in [7, 11) is 0. The molecule has 0 amide bonds. The van der Waals surface area contributed by atoms with Crippen molar-refractivity contribution in [2.45, 2.75) is 19.3 Å². The first kappa shape index (κ1) is 9.47. The van der Waals surface area contributed by atoms with Crippen molar-refractivity contribution in [1.29, 1.82) is 0 Å². The predicted molar refractivity (Wildman–Crippen MR) is 59.1 cm³/mol. The lowest BCUT2D eigenvalue weighted by atomic mass is 9.78. The molecule has 0 aromatic heterocycles. The second-order valence-electron chi connectivity index (χ2n) is 3.85. The van der Waals surface area contributed by atoms with E-state index in [9.17, 15) is 5.11 Å². The number of rotatable bonds is 2. The van der Waals surface area contributed by atoms with Crippen molar-refractivity contribution in [3.63, 3.8) is 0 Å². The lowest BCUT2D eigenvalue weighted by Crippen LogP contribution is -2.18. The molecule has 1 aromatic carbocycles. The van der Waals surface area contributed by atoms with Crippen molar-refractivity contribution in [3.8, 4) is 0 Å². The maximum absolute atomic E-state index is 9.41. The molecule has 1 nitrogen and oxygen atoms in total. The fourth-order valence-electron chi connectivity index (χ4n) is 2.25. The Morgan fingerprint density at radius 2 is 2.07 bits per heavy atom. The molecule has 1 N–H and O–H groups in total. The summed E-state index contributed by atoms with van der Waals surface area (Å²) in [5.74, 6) is 0.788. The number of benzene rings is 1. The number of hydrogen-bond donors (Lipinski definition) is 1. The van der Waals surface area contributed by atoms with Crippen molar-refractivity contribution >= 4 is 6.08 Å². The molecule has 0 saturated heterocycles. The van der Waals surface area contributed by atoms with E-state index in [1.54, 1.807) is 0 Å². The molecule has 2 rings (SSSR count). The van der Waals surface area contributed by atoms with Crippen LogP contribution in [-0.4, -0.2) is 11.7 Å². The molecular formula is C13H16O. The molecule has 0 spiro atoms. The summed E-state index contributed by atoms with van der Waals surface area (Å²) in [6.45, 7) is 2.42. The molecule has 14 heavy (non-hydrogen) atoms. The van der Waals surface area contributed by atoms with Gasteiger partial charge in [0, 0.05) is 5.92 Å². The first-order valence-electron chi connectivity index (χ1n) is 5.24. The number of aliphatic hydroxyl groups excluding tert-OH is 1. The lowest BCUT2D eigenvalue weighted by Gasteiger charge is -2.27. The zero-order valence-corrected chi connectivity index (χ0v) is 8.48. The monoisotopic (exact) mass is 188 g/mol. The molecule has 0 radical (unpaired) electrons. The van der Waals surface area contributed by atoms with Gasteiger partial charge >= 0.3 is 0 Å². The molecule has 0 bridgehead atoms. The van der Waals surface area contributed by atoms with Crippen LogP contribution >= 0.6 is 0 Å². The summed E-state index contributed by atoms with van der Waals surface area (Å²) < 4.78 is 0. The summed E-state index contributed by atoms with van der Waals surface area (Å²) in [5, 5.41) is 9.41. The maximum atomic E-state index is 9.41. The van der Waals surface area contributed by atoms with Gasteiger partial charge in [0.2, 0.25) is 0 Å². The van der Waals surface area contributed by atoms with Gasteiger partial charge in [0.1, 0.15) is 0 Å². The van der Waals surface area contributed by atoms with Gasteiger partial charge in [-0.1, -0.05) is 43.3 Å². The predicted octanol–water partition coefficient (Wildman–Crippen LogP) is 2.82. The van der Waals surface area contributed by atoms with Crippen molar-refractivity contribution in [2.24, 2.45) is 5.92 Å². The van der Waals surface area contributed by atoms with Gasteiger partial charge in [-0.15, -0.1) is 0 Å². The van der Waals surface area contributed by atoms with Crippen molar-refractivity contribution in [2.75, 3.05) is 6.61 Å². The molecule has 0 heterocycles. The quantitative estimate of drug-likeness (QED) is 0.756. The minimum absolute atomic E-state index is 0.250. The zero-order chi connectivity index (χ0) is 9.97. The van der Waals surface area contributed by atoms with Gasteiger partial charge in [-0.2, -0.15) is 0 Å². The Balaban J connectivity index is 2.42. The highest BCUT2D eigenvalue weighted by Gasteiger charge is 2.23. The number of aliphatic hydroxyl groups is 1. The smallest absolute Gasteiger partial charge is 0.0505 e. The van der Waals surface area contributed by atoms with E-state index in [2.05, 4.69) is 31.2 Å². The van der Waals surface area contributed by atoms with Crippen LogP contribution in [0.15, 0.2) is 30.3 Å². The Morgan fingerprint density at radius 3 is 2.79 bits per heavy atom. The molecule has 0 aliphatic heterocycles. The van der Waals surface area contributed by atoms with Crippen LogP contribution in [-0.2, 0) is 0 Å². The molecule has 1 aliphatic carbocycles. The average molecular weight is 188 g/mol. The molecule has 0 unspecified atom stereocenters. The summed E-state index contributed by atoms with van der Waals surface area (Å²) in [6, 6.07) is 8.33. The highest BCUT2D eigenvalue weighted by molar-refractivity contribution is 5.58. The van der Waals surface area contributed by atoms with Gasteiger partial charge < -0.3 is 5.11 Å². The van der Waals surface area contributed by atoms with Gasteiger partial charge in [0.15, 0.2) is 0 Å². The van der Waals surface area contributed by atoms with E-state index in [4.69, 9.17) is 0 Å². The van der Waals surface area contributed by atoms with Crippen molar-refractivity contribution in [1.82, 2.24) is 0 Å². The van der Waals surface area contributed by atoms with Crippen LogP contribution in [0.4, 0.5) is 0 Å². The summed E-state index contributed by atoms with van der Waals surface area (Å²) in [4.78, 5) is 0. The van der Waals surface area contributed by atoms with E-state index in [1.165, 1.54) is 11.1 Å². The Hall–Kier alpha value is -1.08. The maximum Gasteiger partial charge on any atom is 0.0505 e. The van der Waals surface area contributed by atoms with E-state index in [0.29, 0.717) is 11.8 Å². The second kappa shape index (κ2) is 3.97. The number of fused-ring (bicyclic) bond motifs is 1. The minimum Gasteiger partial charge on any atom is -0.396 e. The molecule has 0 fully saturated rings. The Morgan fingerprint density at radius 1 is 1.29 bits per heavy atom. The topological polar surface area (TPSA) is 20.2 Å². The summed E-state index contributed by atoms with van der Waals surface area (Å²) in [6.07, 6.45) is 5.49. The van der Waals surface area contributed by atoms with Crippen LogP contribution in [0.5, 0.6) is 0 Å². The van der Waals surface area contributed by atoms with Crippen LogP contribution in [0.2, 0.25) is 0 Å². The van der Waals surface area contributed by atoms with E-state index in [-0.39, 0.29) is 6.61 Å². The van der Waals surface area contributed by atoms with Crippen LogP contribution in [0.1, 0.15) is 30.4 Å². The van der Waals surface area contributed by atoms with Crippen molar-refractivity contribution < 1.29 is 5.11 Å². The minimum atomic E-state index is 0.250. The molecule has 1 heteroatoms. The summed E-state index contributed by atoms with van der Waals surface area (Å²) >= 11 is 0. The van der Waals surface area contributed by atoms with E-state index in [1.807, 2.05) is 12.1 Å². The third kappa shape index (κ3) is 1.48. The van der Waals surface area contributed by atoms with Gasteiger partial charge in [-0.25, -0.2) is 0 Å². The third-order valence-corrected chi connectivity index (χ3v) is 3.10. The Kier molecular flexibility index (Phi) is 2.69. The molecule has 2 atom stereocenters. The van der Waals surface area contributed by atoms with Crippen molar-refractivity contribution in [3.05, 3.63) is 41.5 Å². The van der Waals surface area contributed by atoms with Crippen LogP contribution in [0, 0.1) is 5.92 Å². The van der Waals surface area contributed by atoms with Gasteiger partial charge in [-0.3, -0.25) is 0 Å². The highest BCUT2D eigenvalue weighted by Crippen LogP contribution is 2.35. The second-order valence-corrected chi connectivity index (χ2v) is 3.85. The normalized spacial score (nSPS) is 24.7. The molecule has 1 aliphatic rings. The van der Waals surface area contributed by atoms with Gasteiger partial charge in [-0.05, 0) is 23.5 Å². The van der Waals surface area contributed by atoms with Gasteiger partial charge in [0.25, 0.3) is 0 Å². The summed E-state index contributed by atoms with van der Waals surface area (Å²) in [5.41, 5.74) is 2.56. The Labute approximate surface area is 85.1 Å². The lowest BCUT2D eigenvalue weighted by molar-refractivity contribution is 0.237. The van der Waals surface area contributed by atoms with Gasteiger partial charge in [0.05, 0.1) is 6.61 Å². The van der Waals surface area contributed by atoms with Crippen LogP contribution in [0.25, 0.3) is 6.08 Å². The van der Waals surface area contributed by atoms with Crippen LogP contribution < -0.4 is 0 Å². The number of allylic oxidation sites excluding steroid dienone is 1. The zero-order valence-electron chi connectivity index (χ0n) is 8.48. The highest BCUT2D eigenvalue weighted by atomic mass is 16.3. The largest absolute Gasteiger partial charge is 0.396 e. The SMILES string of the molecule is CC[C@@H]1C=Cc2ccccc2[C@H]1CO. The first-order chi connectivity index (χ1) is 6.86. The Bertz CT molecular complexity index is 341. The molecular weight excluding hydrogens is 172 g/mol. The average Bonchev–Trinajstić information content (AvgIpc) is 2.27. The standard InChI is InChI=1S/C13H16O/c1-2-10-7-8-11-5-3-4-6-12(11)13(10)9-14/h3-8,10,13-14H,2,9H2,1H3/t10-,13+/m1/s1. The molecule has 1 aromatic rings. The molecule has 74 valence electrons. The number of hydrogen-bond acceptors (Lipinski definition) is 1. The van der Waals surface area contributed by atoms with E-state index < -0.39 is 0 Å². The van der Waals surface area contributed by atoms with E-state index >= 15 is 0 Å². The first-order valence-corrected chi connectivity index (χ1v) is 5.24. The van der Waals surface area contributed by atoms with Crippen LogP contribution in [0.3, 0.4) is 0 Å².